The van der Waals surface area contributed by atoms with E-state index in [9.17, 15) is 4.39 Å². The maximum Gasteiger partial charge on any atom is 0.258 e. The van der Waals surface area contributed by atoms with Gasteiger partial charge in [0.2, 0.25) is 5.82 Å². The van der Waals surface area contributed by atoms with E-state index >= 15 is 0 Å². The van der Waals surface area contributed by atoms with Crippen molar-refractivity contribution in [1.29, 1.82) is 0 Å². The van der Waals surface area contributed by atoms with Crippen molar-refractivity contribution in [2.75, 3.05) is 5.73 Å². The van der Waals surface area contributed by atoms with Crippen molar-refractivity contribution in [2.45, 2.75) is 6.92 Å². The Balaban J connectivity index is 2.04. The summed E-state index contributed by atoms with van der Waals surface area (Å²) in [4.78, 5) is 4.29. The fraction of sp³-hybridized carbons (Fsp3) is 0.0667. The number of hydrogen-bond acceptors (Lipinski definition) is 4. The minimum Gasteiger partial charge on any atom is -0.398 e. The zero-order valence-corrected chi connectivity index (χ0v) is 10.8. The van der Waals surface area contributed by atoms with Crippen LogP contribution in [0.2, 0.25) is 0 Å². The number of nitrogens with zero attached hydrogens (tertiary/aromatic N) is 2. The molecule has 3 rings (SSSR count). The van der Waals surface area contributed by atoms with E-state index in [2.05, 4.69) is 10.1 Å². The monoisotopic (exact) mass is 269 g/mol. The van der Waals surface area contributed by atoms with Crippen LogP contribution in [0.25, 0.3) is 22.8 Å². The summed E-state index contributed by atoms with van der Waals surface area (Å²) in [6, 6.07) is 11.5. The molecule has 0 aliphatic carbocycles. The number of benzene rings is 2. The normalized spacial score (nSPS) is 10.7. The van der Waals surface area contributed by atoms with Crippen LogP contribution in [-0.2, 0) is 0 Å². The summed E-state index contributed by atoms with van der Waals surface area (Å²) in [5.41, 5.74) is 8.76. The van der Waals surface area contributed by atoms with Crippen LogP contribution in [0.1, 0.15) is 5.56 Å². The SMILES string of the molecule is Cc1c(N)cccc1-c1noc(-c2cccc(F)c2)n1. The molecule has 2 aromatic carbocycles. The molecule has 1 heterocycles. The Kier molecular flexibility index (Phi) is 2.95. The van der Waals surface area contributed by atoms with E-state index in [4.69, 9.17) is 10.3 Å². The van der Waals surface area contributed by atoms with Crippen LogP contribution < -0.4 is 5.73 Å². The van der Waals surface area contributed by atoms with Crippen molar-refractivity contribution in [3.05, 3.63) is 53.8 Å². The van der Waals surface area contributed by atoms with Gasteiger partial charge < -0.3 is 10.3 Å². The third kappa shape index (κ3) is 2.14. The lowest BCUT2D eigenvalue weighted by Gasteiger charge is -2.03. The first-order valence-corrected chi connectivity index (χ1v) is 6.10. The third-order valence-electron chi connectivity index (χ3n) is 3.11. The topological polar surface area (TPSA) is 64.9 Å². The number of nitrogen functional groups attached to an aromatic ring is 1. The predicted molar refractivity (Wildman–Crippen MR) is 74.3 cm³/mol. The molecule has 0 aliphatic heterocycles. The second-order valence-corrected chi connectivity index (χ2v) is 4.45. The molecule has 0 fully saturated rings. The van der Waals surface area contributed by atoms with E-state index in [1.807, 2.05) is 25.1 Å². The first-order chi connectivity index (χ1) is 9.65. The van der Waals surface area contributed by atoms with Crippen molar-refractivity contribution < 1.29 is 8.91 Å². The lowest BCUT2D eigenvalue weighted by atomic mass is 10.1. The fourth-order valence-electron chi connectivity index (χ4n) is 1.97. The van der Waals surface area contributed by atoms with Crippen LogP contribution in [0.4, 0.5) is 10.1 Å². The molecule has 1 aromatic heterocycles. The summed E-state index contributed by atoms with van der Waals surface area (Å²) in [6.45, 7) is 1.89. The quantitative estimate of drug-likeness (QED) is 0.724. The Bertz CT molecular complexity index is 767. The highest BCUT2D eigenvalue weighted by molar-refractivity contribution is 5.68. The van der Waals surface area contributed by atoms with Gasteiger partial charge in [-0.3, -0.25) is 0 Å². The fourth-order valence-corrected chi connectivity index (χ4v) is 1.97. The molecule has 0 saturated carbocycles. The van der Waals surface area contributed by atoms with Crippen molar-refractivity contribution in [2.24, 2.45) is 0 Å². The van der Waals surface area contributed by atoms with Crippen molar-refractivity contribution >= 4 is 5.69 Å². The van der Waals surface area contributed by atoms with Crippen LogP contribution in [0.3, 0.4) is 0 Å². The summed E-state index contributed by atoms with van der Waals surface area (Å²) >= 11 is 0. The third-order valence-corrected chi connectivity index (χ3v) is 3.11. The Morgan fingerprint density at radius 2 is 1.95 bits per heavy atom. The van der Waals surface area contributed by atoms with Crippen LogP contribution >= 0.6 is 0 Å². The molecule has 0 spiro atoms. The van der Waals surface area contributed by atoms with Crippen molar-refractivity contribution in [3.63, 3.8) is 0 Å². The number of anilines is 1. The van der Waals surface area contributed by atoms with Gasteiger partial charge in [0.25, 0.3) is 5.89 Å². The molecule has 0 aliphatic rings. The van der Waals surface area contributed by atoms with E-state index < -0.39 is 0 Å². The minimum absolute atomic E-state index is 0.279. The molecule has 0 unspecified atom stereocenters. The van der Waals surface area contributed by atoms with E-state index in [0.717, 1.165) is 11.1 Å². The van der Waals surface area contributed by atoms with Crippen molar-refractivity contribution in [3.8, 4) is 22.8 Å². The molecule has 2 N–H and O–H groups in total. The van der Waals surface area contributed by atoms with Gasteiger partial charge in [-0.2, -0.15) is 4.98 Å². The van der Waals surface area contributed by atoms with Gasteiger partial charge in [0, 0.05) is 16.8 Å². The first kappa shape index (κ1) is 12.3. The molecular weight excluding hydrogens is 257 g/mol. The van der Waals surface area contributed by atoms with E-state index in [1.54, 1.807) is 12.1 Å². The number of aromatic nitrogens is 2. The molecule has 0 radical (unpaired) electrons. The Hall–Kier alpha value is -2.69. The van der Waals surface area contributed by atoms with Crippen molar-refractivity contribution in [1.82, 2.24) is 10.1 Å². The lowest BCUT2D eigenvalue weighted by molar-refractivity contribution is 0.432. The maximum atomic E-state index is 13.2. The zero-order valence-electron chi connectivity index (χ0n) is 10.8. The summed E-state index contributed by atoms with van der Waals surface area (Å²) in [6.07, 6.45) is 0. The number of rotatable bonds is 2. The van der Waals surface area contributed by atoms with Crippen LogP contribution in [0.5, 0.6) is 0 Å². The van der Waals surface area contributed by atoms with Gasteiger partial charge in [0.15, 0.2) is 0 Å². The van der Waals surface area contributed by atoms with Gasteiger partial charge in [-0.05, 0) is 36.8 Å². The Morgan fingerprint density at radius 1 is 1.15 bits per heavy atom. The molecule has 20 heavy (non-hydrogen) atoms. The average molecular weight is 269 g/mol. The largest absolute Gasteiger partial charge is 0.398 e. The maximum absolute atomic E-state index is 13.2. The Labute approximate surface area is 115 Å². The van der Waals surface area contributed by atoms with Gasteiger partial charge in [0.1, 0.15) is 5.82 Å². The molecular formula is C15H12FN3O. The highest BCUT2D eigenvalue weighted by Gasteiger charge is 2.13. The van der Waals surface area contributed by atoms with Gasteiger partial charge in [-0.1, -0.05) is 23.4 Å². The molecule has 4 nitrogen and oxygen atoms in total. The smallest absolute Gasteiger partial charge is 0.258 e. The summed E-state index contributed by atoms with van der Waals surface area (Å²) in [5.74, 6) is 0.373. The standard InChI is InChI=1S/C15H12FN3O/c1-9-12(6-3-7-13(9)17)14-18-15(20-19-14)10-4-2-5-11(16)8-10/h2-8H,17H2,1H3. The van der Waals surface area contributed by atoms with Gasteiger partial charge in [-0.15, -0.1) is 0 Å². The predicted octanol–water partition coefficient (Wildman–Crippen LogP) is 3.43. The molecule has 0 saturated heterocycles. The minimum atomic E-state index is -0.345. The van der Waals surface area contributed by atoms with Gasteiger partial charge in [0.05, 0.1) is 0 Å². The summed E-state index contributed by atoms with van der Waals surface area (Å²) in [5, 5.41) is 3.93. The second-order valence-electron chi connectivity index (χ2n) is 4.45. The lowest BCUT2D eigenvalue weighted by Crippen LogP contribution is -1.92. The molecule has 0 atom stereocenters. The van der Waals surface area contributed by atoms with Crippen LogP contribution in [0, 0.1) is 12.7 Å². The van der Waals surface area contributed by atoms with Gasteiger partial charge >= 0.3 is 0 Å². The molecule has 100 valence electrons. The van der Waals surface area contributed by atoms with E-state index in [-0.39, 0.29) is 11.7 Å². The first-order valence-electron chi connectivity index (χ1n) is 6.10. The van der Waals surface area contributed by atoms with Crippen LogP contribution in [0.15, 0.2) is 47.0 Å². The molecule has 0 bridgehead atoms. The number of hydrogen-bond donors (Lipinski definition) is 1. The molecule has 0 amide bonds. The highest BCUT2D eigenvalue weighted by atomic mass is 19.1. The molecule has 3 aromatic rings. The highest BCUT2D eigenvalue weighted by Crippen LogP contribution is 2.27. The summed E-state index contributed by atoms with van der Waals surface area (Å²) < 4.78 is 18.4. The Morgan fingerprint density at radius 3 is 2.75 bits per heavy atom. The van der Waals surface area contributed by atoms with E-state index in [0.29, 0.717) is 17.1 Å². The van der Waals surface area contributed by atoms with Gasteiger partial charge in [-0.25, -0.2) is 4.39 Å². The number of nitrogens with two attached hydrogens (primary N) is 1. The van der Waals surface area contributed by atoms with Crippen LogP contribution in [-0.4, -0.2) is 10.1 Å². The van der Waals surface area contributed by atoms with E-state index in [1.165, 1.54) is 12.1 Å². The number of halogens is 1. The average Bonchev–Trinajstić information content (AvgIpc) is 2.91. The second kappa shape index (κ2) is 4.77. The zero-order chi connectivity index (χ0) is 14.1. The summed E-state index contributed by atoms with van der Waals surface area (Å²) in [7, 11) is 0. The molecule has 5 heteroatoms.